The van der Waals surface area contributed by atoms with Crippen molar-refractivity contribution in [1.82, 2.24) is 9.97 Å². The number of halogens is 2. The number of carbonyl (C=O) groups is 1. The Bertz CT molecular complexity index is 545. The molecule has 0 fully saturated rings. The summed E-state index contributed by atoms with van der Waals surface area (Å²) < 4.78 is 1.00. The smallest absolute Gasteiger partial charge is 0.259 e. The molecule has 17 heavy (non-hydrogen) atoms. The molecule has 6 heteroatoms. The molecule has 2 aromatic heterocycles. The summed E-state index contributed by atoms with van der Waals surface area (Å²) in [5, 5.41) is 2.82. The first-order valence-corrected chi connectivity index (χ1v) is 6.16. The molecule has 0 aliphatic carbocycles. The van der Waals surface area contributed by atoms with E-state index in [2.05, 4.69) is 37.9 Å². The second-order valence-corrected chi connectivity index (χ2v) is 4.76. The Balaban J connectivity index is 2.17. The lowest BCUT2D eigenvalue weighted by molar-refractivity contribution is 0.102. The molecule has 2 aromatic rings. The highest BCUT2D eigenvalue weighted by Gasteiger charge is 2.10. The summed E-state index contributed by atoms with van der Waals surface area (Å²) in [4.78, 5) is 19.8. The molecule has 0 unspecified atom stereocenters. The minimum atomic E-state index is -0.322. The van der Waals surface area contributed by atoms with E-state index in [1.165, 1.54) is 6.20 Å². The number of pyridine rings is 2. The maximum atomic E-state index is 11.8. The predicted molar refractivity (Wildman–Crippen MR) is 74.2 cm³/mol. The van der Waals surface area contributed by atoms with E-state index < -0.39 is 0 Å². The largest absolute Gasteiger partial charge is 0.306 e. The van der Waals surface area contributed by atoms with Crippen molar-refractivity contribution < 1.29 is 4.79 Å². The second-order valence-electron chi connectivity index (χ2n) is 3.16. The molecular formula is C11H7ClIN3O. The van der Waals surface area contributed by atoms with Gasteiger partial charge in [-0.05, 0) is 46.9 Å². The zero-order valence-electron chi connectivity index (χ0n) is 8.52. The van der Waals surface area contributed by atoms with Crippen molar-refractivity contribution >= 4 is 45.9 Å². The molecule has 0 aliphatic rings. The van der Waals surface area contributed by atoms with Crippen LogP contribution in [0.2, 0.25) is 5.15 Å². The second kappa shape index (κ2) is 5.42. The number of hydrogen-bond acceptors (Lipinski definition) is 3. The molecule has 0 bridgehead atoms. The number of aromatic nitrogens is 2. The van der Waals surface area contributed by atoms with E-state index in [0.29, 0.717) is 11.4 Å². The molecule has 0 aliphatic heterocycles. The van der Waals surface area contributed by atoms with Gasteiger partial charge in [-0.3, -0.25) is 4.79 Å². The lowest BCUT2D eigenvalue weighted by Crippen LogP contribution is -2.13. The van der Waals surface area contributed by atoms with Gasteiger partial charge in [0, 0.05) is 16.0 Å². The Morgan fingerprint density at radius 1 is 1.29 bits per heavy atom. The first-order valence-electron chi connectivity index (χ1n) is 4.70. The van der Waals surface area contributed by atoms with Gasteiger partial charge in [-0.2, -0.15) is 0 Å². The number of rotatable bonds is 2. The molecule has 1 N–H and O–H groups in total. The molecule has 0 atom stereocenters. The van der Waals surface area contributed by atoms with Gasteiger partial charge >= 0.3 is 0 Å². The van der Waals surface area contributed by atoms with Gasteiger partial charge in [0.1, 0.15) is 11.0 Å². The summed E-state index contributed by atoms with van der Waals surface area (Å²) in [6.07, 6.45) is 3.20. The Hall–Kier alpha value is -1.21. The molecular weight excluding hydrogens is 352 g/mol. The fraction of sp³-hybridized carbons (Fsp3) is 0. The van der Waals surface area contributed by atoms with Crippen molar-refractivity contribution in [3.05, 3.63) is 50.9 Å². The standard InChI is InChI=1S/C11H7ClIN3O/c12-10-8(2-1-5-14-10)11(17)16-9-4-3-7(13)6-15-9/h1-6H,(H,15,16,17). The highest BCUT2D eigenvalue weighted by Crippen LogP contribution is 2.14. The van der Waals surface area contributed by atoms with Crippen LogP contribution in [0.25, 0.3) is 0 Å². The Morgan fingerprint density at radius 3 is 2.76 bits per heavy atom. The van der Waals surface area contributed by atoms with Crippen LogP contribution in [0.4, 0.5) is 5.82 Å². The normalized spacial score (nSPS) is 10.0. The Labute approximate surface area is 117 Å². The van der Waals surface area contributed by atoms with Gasteiger partial charge in [-0.1, -0.05) is 11.6 Å². The minimum absolute atomic E-state index is 0.176. The van der Waals surface area contributed by atoms with Crippen LogP contribution in [0.3, 0.4) is 0 Å². The third-order valence-electron chi connectivity index (χ3n) is 1.97. The number of hydrogen-bond donors (Lipinski definition) is 1. The Morgan fingerprint density at radius 2 is 2.12 bits per heavy atom. The maximum Gasteiger partial charge on any atom is 0.259 e. The van der Waals surface area contributed by atoms with Crippen LogP contribution in [0, 0.1) is 3.57 Å². The number of nitrogens with zero attached hydrogens (tertiary/aromatic N) is 2. The zero-order valence-corrected chi connectivity index (χ0v) is 11.4. The van der Waals surface area contributed by atoms with Crippen LogP contribution in [0.1, 0.15) is 10.4 Å². The summed E-state index contributed by atoms with van der Waals surface area (Å²) in [6, 6.07) is 6.84. The van der Waals surface area contributed by atoms with Gasteiger partial charge in [-0.25, -0.2) is 9.97 Å². The van der Waals surface area contributed by atoms with Crippen molar-refractivity contribution in [1.29, 1.82) is 0 Å². The molecule has 0 aromatic carbocycles. The predicted octanol–water partition coefficient (Wildman–Crippen LogP) is 2.99. The summed E-state index contributed by atoms with van der Waals surface area (Å²) in [5.41, 5.74) is 0.328. The van der Waals surface area contributed by atoms with Crippen LogP contribution in [-0.4, -0.2) is 15.9 Å². The summed E-state index contributed by atoms with van der Waals surface area (Å²) >= 11 is 7.96. The van der Waals surface area contributed by atoms with E-state index in [1.807, 2.05) is 6.07 Å². The van der Waals surface area contributed by atoms with Crippen molar-refractivity contribution in [2.75, 3.05) is 5.32 Å². The molecule has 1 amide bonds. The third-order valence-corrected chi connectivity index (χ3v) is 2.91. The average Bonchev–Trinajstić information content (AvgIpc) is 2.32. The van der Waals surface area contributed by atoms with Crippen LogP contribution >= 0.6 is 34.2 Å². The number of amides is 1. The number of carbonyl (C=O) groups excluding carboxylic acids is 1. The SMILES string of the molecule is O=C(Nc1ccc(I)cn1)c1cccnc1Cl. The van der Waals surface area contributed by atoms with Crippen molar-refractivity contribution in [3.8, 4) is 0 Å². The minimum Gasteiger partial charge on any atom is -0.306 e. The van der Waals surface area contributed by atoms with E-state index in [9.17, 15) is 4.79 Å². The van der Waals surface area contributed by atoms with Gasteiger partial charge in [0.15, 0.2) is 0 Å². The molecule has 86 valence electrons. The van der Waals surface area contributed by atoms with Crippen LogP contribution in [0.5, 0.6) is 0 Å². The van der Waals surface area contributed by atoms with Crippen molar-refractivity contribution in [2.45, 2.75) is 0 Å². The summed E-state index contributed by atoms with van der Waals surface area (Å²) in [5.74, 6) is 0.159. The van der Waals surface area contributed by atoms with Crippen LogP contribution < -0.4 is 5.32 Å². The lowest BCUT2D eigenvalue weighted by atomic mass is 10.2. The average molecular weight is 360 g/mol. The fourth-order valence-corrected chi connectivity index (χ4v) is 1.71. The molecule has 2 heterocycles. The van der Waals surface area contributed by atoms with Crippen molar-refractivity contribution in [2.24, 2.45) is 0 Å². The van der Waals surface area contributed by atoms with Crippen LogP contribution in [0.15, 0.2) is 36.7 Å². The highest BCUT2D eigenvalue weighted by atomic mass is 127. The van der Waals surface area contributed by atoms with Gasteiger partial charge in [0.2, 0.25) is 0 Å². The Kier molecular flexibility index (Phi) is 3.90. The molecule has 4 nitrogen and oxygen atoms in total. The fourth-order valence-electron chi connectivity index (χ4n) is 1.19. The first kappa shape index (κ1) is 12.3. The number of anilines is 1. The van der Waals surface area contributed by atoms with E-state index in [1.54, 1.807) is 24.4 Å². The topological polar surface area (TPSA) is 54.9 Å². The quantitative estimate of drug-likeness (QED) is 0.662. The summed E-state index contributed by atoms with van der Waals surface area (Å²) in [6.45, 7) is 0. The molecule has 0 spiro atoms. The third kappa shape index (κ3) is 3.13. The van der Waals surface area contributed by atoms with E-state index in [0.717, 1.165) is 3.57 Å². The van der Waals surface area contributed by atoms with E-state index >= 15 is 0 Å². The van der Waals surface area contributed by atoms with E-state index in [-0.39, 0.29) is 11.1 Å². The highest BCUT2D eigenvalue weighted by molar-refractivity contribution is 14.1. The molecule has 0 saturated heterocycles. The van der Waals surface area contributed by atoms with Gasteiger partial charge < -0.3 is 5.32 Å². The lowest BCUT2D eigenvalue weighted by Gasteiger charge is -2.05. The van der Waals surface area contributed by atoms with Crippen molar-refractivity contribution in [3.63, 3.8) is 0 Å². The molecule has 0 radical (unpaired) electrons. The van der Waals surface area contributed by atoms with Gasteiger partial charge in [0.25, 0.3) is 5.91 Å². The molecule has 2 rings (SSSR count). The first-order chi connectivity index (χ1) is 8.16. The van der Waals surface area contributed by atoms with Gasteiger partial charge in [0.05, 0.1) is 5.56 Å². The molecule has 0 saturated carbocycles. The van der Waals surface area contributed by atoms with Gasteiger partial charge in [-0.15, -0.1) is 0 Å². The monoisotopic (exact) mass is 359 g/mol. The van der Waals surface area contributed by atoms with Crippen LogP contribution in [-0.2, 0) is 0 Å². The summed E-state index contributed by atoms with van der Waals surface area (Å²) in [7, 11) is 0. The zero-order chi connectivity index (χ0) is 12.3. The van der Waals surface area contributed by atoms with E-state index in [4.69, 9.17) is 11.6 Å². The number of nitrogens with one attached hydrogen (secondary N) is 1. The maximum absolute atomic E-state index is 11.8.